The Morgan fingerprint density at radius 2 is 1.89 bits per heavy atom. The molecular formula is C12H14O6. The number of hydrogen-bond donors (Lipinski definition) is 0. The molecule has 0 spiro atoms. The number of hydrogen-bond acceptors (Lipinski definition) is 6. The Hall–Kier alpha value is -1.85. The van der Waals surface area contributed by atoms with Crippen molar-refractivity contribution in [3.05, 3.63) is 12.2 Å². The number of carbonyl (C=O) groups is 3. The van der Waals surface area contributed by atoms with Crippen LogP contribution in [0.25, 0.3) is 0 Å². The number of fused-ring (bicyclic) bond motifs is 1. The summed E-state index contributed by atoms with van der Waals surface area (Å²) in [6.07, 6.45) is 3.33. The molecule has 0 radical (unpaired) electrons. The largest absolute Gasteiger partial charge is 0.469 e. The molecule has 0 bridgehead atoms. The van der Waals surface area contributed by atoms with Crippen molar-refractivity contribution in [1.29, 1.82) is 0 Å². The monoisotopic (exact) mass is 254 g/mol. The van der Waals surface area contributed by atoms with E-state index in [1.165, 1.54) is 14.2 Å². The number of rotatable bonds is 2. The van der Waals surface area contributed by atoms with E-state index in [0.717, 1.165) is 0 Å². The Morgan fingerprint density at radius 3 is 2.50 bits per heavy atom. The lowest BCUT2D eigenvalue weighted by molar-refractivity contribution is -0.162. The number of esters is 3. The van der Waals surface area contributed by atoms with Gasteiger partial charge in [0.25, 0.3) is 0 Å². The molecule has 0 N–H and O–H groups in total. The summed E-state index contributed by atoms with van der Waals surface area (Å²) in [5.74, 6) is -4.12. The molecule has 1 aliphatic carbocycles. The predicted molar refractivity (Wildman–Crippen MR) is 58.1 cm³/mol. The normalized spacial score (nSPS) is 33.6. The molecule has 0 aromatic rings. The zero-order chi connectivity index (χ0) is 13.3. The van der Waals surface area contributed by atoms with Crippen LogP contribution >= 0.6 is 0 Å². The number of cyclic esters (lactones) is 1. The molecule has 1 aliphatic heterocycles. The lowest BCUT2D eigenvalue weighted by Crippen LogP contribution is -2.42. The molecule has 6 nitrogen and oxygen atoms in total. The molecule has 0 amide bonds. The number of ether oxygens (including phenoxy) is 3. The average Bonchev–Trinajstić information content (AvgIpc) is 2.77. The highest BCUT2D eigenvalue weighted by molar-refractivity contribution is 5.89. The van der Waals surface area contributed by atoms with Crippen molar-refractivity contribution >= 4 is 17.9 Å². The van der Waals surface area contributed by atoms with Crippen molar-refractivity contribution < 1.29 is 28.6 Å². The van der Waals surface area contributed by atoms with E-state index in [9.17, 15) is 14.4 Å². The van der Waals surface area contributed by atoms with E-state index < -0.39 is 35.7 Å². The summed E-state index contributed by atoms with van der Waals surface area (Å²) < 4.78 is 14.3. The summed E-state index contributed by atoms with van der Waals surface area (Å²) in [5.41, 5.74) is 0. The quantitative estimate of drug-likeness (QED) is 0.390. The molecule has 0 unspecified atom stereocenters. The Morgan fingerprint density at radius 1 is 1.22 bits per heavy atom. The average molecular weight is 254 g/mol. The summed E-state index contributed by atoms with van der Waals surface area (Å²) >= 11 is 0. The van der Waals surface area contributed by atoms with E-state index in [1.807, 2.05) is 0 Å². The van der Waals surface area contributed by atoms with Crippen molar-refractivity contribution in [2.24, 2.45) is 23.7 Å². The van der Waals surface area contributed by atoms with Crippen molar-refractivity contribution in [2.75, 3.05) is 20.8 Å². The molecule has 1 fully saturated rings. The van der Waals surface area contributed by atoms with Gasteiger partial charge in [-0.3, -0.25) is 14.4 Å². The first-order valence-corrected chi connectivity index (χ1v) is 5.60. The molecule has 98 valence electrons. The third kappa shape index (κ3) is 1.87. The maximum absolute atomic E-state index is 11.8. The zero-order valence-electron chi connectivity index (χ0n) is 10.1. The maximum Gasteiger partial charge on any atom is 0.313 e. The van der Waals surface area contributed by atoms with Crippen LogP contribution in [0.15, 0.2) is 12.2 Å². The second-order valence-corrected chi connectivity index (χ2v) is 4.30. The van der Waals surface area contributed by atoms with Crippen molar-refractivity contribution in [2.45, 2.75) is 0 Å². The third-order valence-corrected chi connectivity index (χ3v) is 3.44. The highest BCUT2D eigenvalue weighted by Crippen LogP contribution is 2.40. The Labute approximate surface area is 104 Å². The summed E-state index contributed by atoms with van der Waals surface area (Å²) in [4.78, 5) is 35.2. The molecule has 4 atom stereocenters. The van der Waals surface area contributed by atoms with Gasteiger partial charge < -0.3 is 14.2 Å². The van der Waals surface area contributed by atoms with Gasteiger partial charge in [-0.25, -0.2) is 0 Å². The SMILES string of the molecule is COC(=O)[C@@H]1[C@H]2C(=O)OC[C@H]2C=C[C@H]1C(=O)OC. The minimum Gasteiger partial charge on any atom is -0.469 e. The van der Waals surface area contributed by atoms with E-state index in [4.69, 9.17) is 4.74 Å². The standard InChI is InChI=1S/C12H14O6/c1-16-10(13)7-4-3-6-5-18-12(15)8(6)9(7)11(14)17-2/h3-4,6-9H,5H2,1-2H3/t6-,7-,8+,9+/m1/s1. The first kappa shape index (κ1) is 12.6. The summed E-state index contributed by atoms with van der Waals surface area (Å²) in [7, 11) is 2.47. The van der Waals surface area contributed by atoms with Crippen LogP contribution in [0.3, 0.4) is 0 Å². The Kier molecular flexibility index (Phi) is 3.36. The van der Waals surface area contributed by atoms with Crippen molar-refractivity contribution in [3.8, 4) is 0 Å². The zero-order valence-corrected chi connectivity index (χ0v) is 10.1. The van der Waals surface area contributed by atoms with Crippen LogP contribution in [0.5, 0.6) is 0 Å². The van der Waals surface area contributed by atoms with Gasteiger partial charge in [0, 0.05) is 5.92 Å². The Bertz CT molecular complexity index is 413. The predicted octanol–water partition coefficient (Wildman–Crippen LogP) is -0.0762. The van der Waals surface area contributed by atoms with Crippen LogP contribution in [0.4, 0.5) is 0 Å². The smallest absolute Gasteiger partial charge is 0.313 e. The summed E-state index contributed by atoms with van der Waals surface area (Å²) in [6.45, 7) is 0.237. The maximum atomic E-state index is 11.8. The molecule has 1 saturated heterocycles. The fourth-order valence-corrected chi connectivity index (χ4v) is 2.54. The molecule has 2 aliphatic rings. The minimum atomic E-state index is -0.868. The van der Waals surface area contributed by atoms with E-state index in [-0.39, 0.29) is 12.5 Å². The molecule has 0 saturated carbocycles. The third-order valence-electron chi connectivity index (χ3n) is 3.44. The highest BCUT2D eigenvalue weighted by atomic mass is 16.5. The number of carbonyl (C=O) groups excluding carboxylic acids is 3. The summed E-state index contributed by atoms with van der Waals surface area (Å²) in [6, 6.07) is 0. The van der Waals surface area contributed by atoms with Crippen molar-refractivity contribution in [3.63, 3.8) is 0 Å². The molecule has 1 heterocycles. The van der Waals surface area contributed by atoms with E-state index in [0.29, 0.717) is 0 Å². The lowest BCUT2D eigenvalue weighted by atomic mass is 9.71. The summed E-state index contributed by atoms with van der Waals surface area (Å²) in [5, 5.41) is 0. The van der Waals surface area contributed by atoms with Crippen LogP contribution in [0.1, 0.15) is 0 Å². The van der Waals surface area contributed by atoms with Crippen LogP contribution < -0.4 is 0 Å². The molecule has 18 heavy (non-hydrogen) atoms. The van der Waals surface area contributed by atoms with E-state index >= 15 is 0 Å². The van der Waals surface area contributed by atoms with Gasteiger partial charge in [-0.15, -0.1) is 0 Å². The fourth-order valence-electron chi connectivity index (χ4n) is 2.54. The van der Waals surface area contributed by atoms with E-state index in [1.54, 1.807) is 12.2 Å². The van der Waals surface area contributed by atoms with Gasteiger partial charge in [-0.1, -0.05) is 12.2 Å². The van der Waals surface area contributed by atoms with Gasteiger partial charge in [0.2, 0.25) is 0 Å². The molecule has 2 rings (SSSR count). The molecular weight excluding hydrogens is 240 g/mol. The fraction of sp³-hybridized carbons (Fsp3) is 0.583. The lowest BCUT2D eigenvalue weighted by Gasteiger charge is -2.29. The minimum absolute atomic E-state index is 0.178. The first-order chi connectivity index (χ1) is 8.60. The van der Waals surface area contributed by atoms with Gasteiger partial charge in [0.15, 0.2) is 0 Å². The van der Waals surface area contributed by atoms with Gasteiger partial charge in [-0.05, 0) is 0 Å². The van der Waals surface area contributed by atoms with Crippen LogP contribution in [0.2, 0.25) is 0 Å². The molecule has 0 aromatic heterocycles. The van der Waals surface area contributed by atoms with Gasteiger partial charge in [0.1, 0.15) is 0 Å². The van der Waals surface area contributed by atoms with Crippen LogP contribution in [-0.2, 0) is 28.6 Å². The van der Waals surface area contributed by atoms with E-state index in [2.05, 4.69) is 9.47 Å². The second kappa shape index (κ2) is 4.80. The second-order valence-electron chi connectivity index (χ2n) is 4.30. The topological polar surface area (TPSA) is 78.9 Å². The van der Waals surface area contributed by atoms with Gasteiger partial charge in [-0.2, -0.15) is 0 Å². The van der Waals surface area contributed by atoms with Crippen LogP contribution in [-0.4, -0.2) is 38.7 Å². The van der Waals surface area contributed by atoms with Crippen LogP contribution in [0, 0.1) is 23.7 Å². The molecule has 0 aromatic carbocycles. The van der Waals surface area contributed by atoms with Gasteiger partial charge >= 0.3 is 17.9 Å². The van der Waals surface area contributed by atoms with Gasteiger partial charge in [0.05, 0.1) is 38.6 Å². The Balaban J connectivity index is 2.36. The first-order valence-electron chi connectivity index (χ1n) is 5.60. The molecule has 6 heteroatoms. The highest BCUT2D eigenvalue weighted by Gasteiger charge is 2.52. The number of methoxy groups -OCH3 is 2. The van der Waals surface area contributed by atoms with Crippen molar-refractivity contribution in [1.82, 2.24) is 0 Å².